The molecule has 0 bridgehead atoms. The van der Waals surface area contributed by atoms with Crippen LogP contribution in [0, 0.1) is 6.92 Å². The minimum atomic E-state index is -2.39. The molecule has 1 amide bonds. The van der Waals surface area contributed by atoms with Crippen LogP contribution in [0.15, 0.2) is 59.6 Å². The van der Waals surface area contributed by atoms with Gasteiger partial charge in [-0.1, -0.05) is 12.1 Å². The zero-order valence-corrected chi connectivity index (χ0v) is 22.5. The van der Waals surface area contributed by atoms with E-state index < -0.39 is 9.73 Å². The Morgan fingerprint density at radius 1 is 1.21 bits per heavy atom. The van der Waals surface area contributed by atoms with Gasteiger partial charge in [-0.15, -0.1) is 6.58 Å². The molecule has 3 N–H and O–H groups in total. The van der Waals surface area contributed by atoms with Crippen LogP contribution in [0.5, 0.6) is 0 Å². The van der Waals surface area contributed by atoms with Gasteiger partial charge in [0.15, 0.2) is 5.82 Å². The third-order valence-electron chi connectivity index (χ3n) is 5.54. The Kier molecular flexibility index (Phi) is 8.54. The van der Waals surface area contributed by atoms with Gasteiger partial charge >= 0.3 is 0 Å². The van der Waals surface area contributed by atoms with Gasteiger partial charge in [-0.25, -0.2) is 14.2 Å². The number of hydrogen-bond donors (Lipinski definition) is 3. The average molecular weight is 539 g/mol. The molecule has 0 aliphatic carbocycles. The maximum atomic E-state index is 12.8. The number of nitrogens with one attached hydrogen (secondary N) is 3. The highest BCUT2D eigenvalue weighted by molar-refractivity contribution is 7.92. The summed E-state index contributed by atoms with van der Waals surface area (Å²) in [5.74, 6) is 0.894. The molecular weight excluding hydrogens is 504 g/mol. The van der Waals surface area contributed by atoms with Crippen molar-refractivity contribution in [2.75, 3.05) is 60.9 Å². The lowest BCUT2D eigenvalue weighted by Gasteiger charge is -2.30. The first-order chi connectivity index (χ1) is 18.2. The standard InChI is InChI=1S/C26H32N8O3S.H2/c1-5-11-27-25(35)20-17-28-26(29-19-9-10-21(18(2)16-19)34-12-14-37-15-13-34)32-24(20)31-22-7-6-8-23(30-22)33-38(3,4)36;/h5-10,16-17H,1,11-15H2,2-4H3,(H,27,35)(H2,28,29,30,31,32);1H. The Morgan fingerprint density at radius 2 is 2.00 bits per heavy atom. The Morgan fingerprint density at radius 3 is 2.71 bits per heavy atom. The molecule has 0 saturated carbocycles. The van der Waals surface area contributed by atoms with Crippen LogP contribution in [0.4, 0.5) is 34.8 Å². The monoisotopic (exact) mass is 538 g/mol. The van der Waals surface area contributed by atoms with Crippen LogP contribution in [0.3, 0.4) is 0 Å². The third kappa shape index (κ3) is 7.26. The SMILES string of the molecule is C=CCNC(=O)c1cnc(Nc2ccc(N3CCOCC3)c(C)c2)nc1Nc1cccc(N=S(C)(C)=O)n1.[HH]. The summed E-state index contributed by atoms with van der Waals surface area (Å²) >= 11 is 0. The number of carbonyl (C=O) groups is 1. The number of morpholine rings is 1. The molecule has 0 atom stereocenters. The summed E-state index contributed by atoms with van der Waals surface area (Å²) in [6.45, 7) is 9.14. The normalized spacial score (nSPS) is 13.5. The molecule has 3 aromatic rings. The third-order valence-corrected chi connectivity index (χ3v) is 6.17. The number of nitrogens with zero attached hydrogens (tertiary/aromatic N) is 5. The summed E-state index contributed by atoms with van der Waals surface area (Å²) < 4.78 is 21.7. The molecule has 38 heavy (non-hydrogen) atoms. The van der Waals surface area contributed by atoms with Crippen LogP contribution in [-0.4, -0.2) is 70.4 Å². The molecule has 1 fully saturated rings. The van der Waals surface area contributed by atoms with Crippen molar-refractivity contribution in [2.24, 2.45) is 4.36 Å². The Bertz CT molecular complexity index is 1440. The van der Waals surface area contributed by atoms with Crippen molar-refractivity contribution in [3.05, 3.63) is 66.4 Å². The lowest BCUT2D eigenvalue weighted by atomic mass is 10.1. The largest absolute Gasteiger partial charge is 0.378 e. The summed E-state index contributed by atoms with van der Waals surface area (Å²) in [5.41, 5.74) is 3.32. The zero-order valence-electron chi connectivity index (χ0n) is 21.7. The number of hydrogen-bond acceptors (Lipinski definition) is 10. The van der Waals surface area contributed by atoms with E-state index in [1.165, 1.54) is 18.7 Å². The van der Waals surface area contributed by atoms with E-state index in [4.69, 9.17) is 4.74 Å². The highest BCUT2D eigenvalue weighted by atomic mass is 32.2. The second-order valence-electron chi connectivity index (χ2n) is 8.96. The van der Waals surface area contributed by atoms with Crippen LogP contribution in [-0.2, 0) is 14.5 Å². The molecule has 1 aromatic carbocycles. The summed E-state index contributed by atoms with van der Waals surface area (Å²) in [4.78, 5) is 28.4. The van der Waals surface area contributed by atoms with E-state index in [-0.39, 0.29) is 18.7 Å². The number of carbonyl (C=O) groups excluding carboxylic acids is 1. The first-order valence-electron chi connectivity index (χ1n) is 12.1. The molecule has 1 aliphatic heterocycles. The molecule has 11 nitrogen and oxygen atoms in total. The van der Waals surface area contributed by atoms with Gasteiger partial charge in [-0.05, 0) is 42.8 Å². The number of benzene rings is 1. The van der Waals surface area contributed by atoms with Gasteiger partial charge in [-0.3, -0.25) is 4.79 Å². The number of aromatic nitrogens is 3. The van der Waals surface area contributed by atoms with Gasteiger partial charge in [0.1, 0.15) is 17.2 Å². The lowest BCUT2D eigenvalue weighted by molar-refractivity contribution is 0.0958. The van der Waals surface area contributed by atoms with E-state index in [9.17, 15) is 9.00 Å². The summed E-state index contributed by atoms with van der Waals surface area (Å²) in [6, 6.07) is 11.2. The van der Waals surface area contributed by atoms with Crippen molar-refractivity contribution in [2.45, 2.75) is 6.92 Å². The fourth-order valence-corrected chi connectivity index (χ4v) is 4.43. The predicted octanol–water partition coefficient (Wildman–Crippen LogP) is 4.02. The van der Waals surface area contributed by atoms with E-state index >= 15 is 0 Å². The summed E-state index contributed by atoms with van der Waals surface area (Å²) in [5, 5.41) is 9.05. The van der Waals surface area contributed by atoms with E-state index in [0.29, 0.717) is 24.1 Å². The molecule has 1 aliphatic rings. The first kappa shape index (κ1) is 27.0. The predicted molar refractivity (Wildman–Crippen MR) is 154 cm³/mol. The van der Waals surface area contributed by atoms with Crippen LogP contribution >= 0.6 is 0 Å². The van der Waals surface area contributed by atoms with Crippen LogP contribution in [0.25, 0.3) is 0 Å². The maximum absolute atomic E-state index is 12.8. The maximum Gasteiger partial charge on any atom is 0.256 e. The molecule has 12 heteroatoms. The highest BCUT2D eigenvalue weighted by Crippen LogP contribution is 2.27. The smallest absolute Gasteiger partial charge is 0.256 e. The number of anilines is 5. The van der Waals surface area contributed by atoms with Gasteiger partial charge in [0.25, 0.3) is 5.91 Å². The molecule has 0 unspecified atom stereocenters. The minimum Gasteiger partial charge on any atom is -0.378 e. The number of ether oxygens (including phenoxy) is 1. The molecular formula is C26H34N8O3S. The molecule has 4 rings (SSSR count). The van der Waals surface area contributed by atoms with Gasteiger partial charge in [0.2, 0.25) is 5.95 Å². The summed E-state index contributed by atoms with van der Waals surface area (Å²) in [7, 11) is -2.39. The second kappa shape index (κ2) is 12.0. The van der Waals surface area contributed by atoms with Crippen LogP contribution in [0.1, 0.15) is 17.3 Å². The summed E-state index contributed by atoms with van der Waals surface area (Å²) in [6.07, 6.45) is 6.11. The average Bonchev–Trinajstić information content (AvgIpc) is 2.87. The Labute approximate surface area is 224 Å². The van der Waals surface area contributed by atoms with Crippen molar-refractivity contribution < 1.29 is 15.2 Å². The number of rotatable bonds is 9. The lowest BCUT2D eigenvalue weighted by Crippen LogP contribution is -2.36. The molecule has 0 spiro atoms. The van der Waals surface area contributed by atoms with Gasteiger partial charge < -0.3 is 25.6 Å². The zero-order chi connectivity index (χ0) is 27.1. The molecule has 202 valence electrons. The molecule has 2 aromatic heterocycles. The minimum absolute atomic E-state index is 0. The molecule has 1 saturated heterocycles. The van der Waals surface area contributed by atoms with Crippen LogP contribution < -0.4 is 20.9 Å². The van der Waals surface area contributed by atoms with Gasteiger partial charge in [0, 0.05) is 60.9 Å². The van der Waals surface area contributed by atoms with E-state index in [2.05, 4.69) is 59.7 Å². The van der Waals surface area contributed by atoms with Gasteiger partial charge in [-0.2, -0.15) is 9.35 Å². The van der Waals surface area contributed by atoms with Crippen molar-refractivity contribution >= 4 is 50.4 Å². The van der Waals surface area contributed by atoms with Crippen molar-refractivity contribution in [1.82, 2.24) is 20.3 Å². The Hall–Kier alpha value is -4.03. The van der Waals surface area contributed by atoms with E-state index in [1.54, 1.807) is 24.3 Å². The van der Waals surface area contributed by atoms with Crippen molar-refractivity contribution in [3.8, 4) is 0 Å². The quantitative estimate of drug-likeness (QED) is 0.345. The number of pyridine rings is 1. The molecule has 3 heterocycles. The van der Waals surface area contributed by atoms with Crippen molar-refractivity contribution in [1.29, 1.82) is 0 Å². The second-order valence-corrected chi connectivity index (χ2v) is 11.5. The molecule has 0 radical (unpaired) electrons. The van der Waals surface area contributed by atoms with Gasteiger partial charge in [0.05, 0.1) is 13.2 Å². The Balaban J connectivity index is 0.00000420. The first-order valence-corrected chi connectivity index (χ1v) is 14.4. The topological polar surface area (TPSA) is 134 Å². The fraction of sp³-hybridized carbons (Fsp3) is 0.308. The van der Waals surface area contributed by atoms with Crippen LogP contribution in [0.2, 0.25) is 0 Å². The van der Waals surface area contributed by atoms with E-state index in [0.717, 1.165) is 43.2 Å². The van der Waals surface area contributed by atoms with E-state index in [1.807, 2.05) is 12.1 Å². The highest BCUT2D eigenvalue weighted by Gasteiger charge is 2.17. The number of amides is 1. The fourth-order valence-electron chi connectivity index (χ4n) is 3.88. The van der Waals surface area contributed by atoms with Crippen molar-refractivity contribution in [3.63, 3.8) is 0 Å². The number of aryl methyl sites for hydroxylation is 1.